The first-order chi connectivity index (χ1) is 6.81. The number of rotatable bonds is 2. The normalized spacial score (nSPS) is 10.1. The lowest BCUT2D eigenvalue weighted by molar-refractivity contribution is 0.112. The van der Waals surface area contributed by atoms with Crippen LogP contribution in [0.4, 0.5) is 0 Å². The lowest BCUT2D eigenvalue weighted by Gasteiger charge is -1.91. The second kappa shape index (κ2) is 3.67. The number of hydrogen-bond acceptors (Lipinski definition) is 4. The van der Waals surface area contributed by atoms with Gasteiger partial charge in [0.2, 0.25) is 0 Å². The molecule has 0 atom stereocenters. The predicted molar refractivity (Wildman–Crippen MR) is 55.5 cm³/mol. The van der Waals surface area contributed by atoms with Crippen molar-refractivity contribution in [3.63, 3.8) is 0 Å². The van der Waals surface area contributed by atoms with Crippen molar-refractivity contribution in [1.82, 2.24) is 9.97 Å². The molecule has 0 aliphatic rings. The Hall–Kier alpha value is -1.55. The van der Waals surface area contributed by atoms with E-state index in [4.69, 9.17) is 0 Å². The Morgan fingerprint density at radius 2 is 2.07 bits per heavy atom. The lowest BCUT2D eigenvalue weighted by Crippen LogP contribution is -1.78. The van der Waals surface area contributed by atoms with Crippen molar-refractivity contribution < 1.29 is 4.79 Å². The SMILES string of the molecule is Cc1nc(-c2ccncc2)sc1C=O. The van der Waals surface area contributed by atoms with E-state index >= 15 is 0 Å². The highest BCUT2D eigenvalue weighted by molar-refractivity contribution is 7.16. The average molecular weight is 204 g/mol. The third kappa shape index (κ3) is 1.56. The van der Waals surface area contributed by atoms with E-state index in [1.807, 2.05) is 19.1 Å². The third-order valence-electron chi connectivity index (χ3n) is 1.87. The molecule has 2 heterocycles. The topological polar surface area (TPSA) is 42.9 Å². The Balaban J connectivity index is 2.48. The molecule has 0 aliphatic carbocycles. The van der Waals surface area contributed by atoms with Crippen LogP contribution in [0.25, 0.3) is 10.6 Å². The Labute approximate surface area is 85.5 Å². The minimum Gasteiger partial charge on any atom is -0.297 e. The smallest absolute Gasteiger partial charge is 0.161 e. The molecule has 14 heavy (non-hydrogen) atoms. The van der Waals surface area contributed by atoms with Crippen LogP contribution in [0.1, 0.15) is 15.4 Å². The molecule has 4 heteroatoms. The molecular weight excluding hydrogens is 196 g/mol. The zero-order valence-corrected chi connectivity index (χ0v) is 8.41. The van der Waals surface area contributed by atoms with E-state index in [0.29, 0.717) is 4.88 Å². The number of carbonyl (C=O) groups excluding carboxylic acids is 1. The molecular formula is C10H8N2OS. The van der Waals surface area contributed by atoms with Crippen molar-refractivity contribution in [2.45, 2.75) is 6.92 Å². The Morgan fingerprint density at radius 3 is 2.64 bits per heavy atom. The highest BCUT2D eigenvalue weighted by atomic mass is 32.1. The van der Waals surface area contributed by atoms with Gasteiger partial charge in [-0.25, -0.2) is 4.98 Å². The summed E-state index contributed by atoms with van der Waals surface area (Å²) < 4.78 is 0. The second-order valence-corrected chi connectivity index (χ2v) is 3.85. The molecule has 0 amide bonds. The van der Waals surface area contributed by atoms with Crippen LogP contribution in [-0.4, -0.2) is 16.3 Å². The molecule has 0 aliphatic heterocycles. The standard InChI is InChI=1S/C10H8N2OS/c1-7-9(6-13)14-10(12-7)8-2-4-11-5-3-8/h2-6H,1H3. The average Bonchev–Trinajstić information content (AvgIpc) is 2.61. The number of aromatic nitrogens is 2. The zero-order valence-electron chi connectivity index (χ0n) is 7.60. The maximum absolute atomic E-state index is 10.6. The van der Waals surface area contributed by atoms with Crippen molar-refractivity contribution in [3.05, 3.63) is 35.1 Å². The van der Waals surface area contributed by atoms with E-state index in [0.717, 1.165) is 22.6 Å². The van der Waals surface area contributed by atoms with Gasteiger partial charge in [0.25, 0.3) is 0 Å². The summed E-state index contributed by atoms with van der Waals surface area (Å²) >= 11 is 1.41. The van der Waals surface area contributed by atoms with Crippen LogP contribution in [-0.2, 0) is 0 Å². The van der Waals surface area contributed by atoms with Gasteiger partial charge >= 0.3 is 0 Å². The fraction of sp³-hybridized carbons (Fsp3) is 0.100. The summed E-state index contributed by atoms with van der Waals surface area (Å²) in [4.78, 5) is 19.6. The molecule has 70 valence electrons. The molecule has 0 saturated carbocycles. The fourth-order valence-electron chi connectivity index (χ4n) is 1.14. The maximum Gasteiger partial charge on any atom is 0.161 e. The molecule has 0 aromatic carbocycles. The molecule has 2 aromatic heterocycles. The molecule has 0 radical (unpaired) electrons. The third-order valence-corrected chi connectivity index (χ3v) is 3.00. The number of carbonyl (C=O) groups is 1. The van der Waals surface area contributed by atoms with Gasteiger partial charge in [0.1, 0.15) is 5.01 Å². The summed E-state index contributed by atoms with van der Waals surface area (Å²) in [6, 6.07) is 3.76. The van der Waals surface area contributed by atoms with Crippen LogP contribution in [0.5, 0.6) is 0 Å². The van der Waals surface area contributed by atoms with Gasteiger partial charge in [0.05, 0.1) is 10.6 Å². The molecule has 0 N–H and O–H groups in total. The van der Waals surface area contributed by atoms with Gasteiger partial charge in [-0.3, -0.25) is 9.78 Å². The van der Waals surface area contributed by atoms with Gasteiger partial charge in [-0.1, -0.05) is 0 Å². The first kappa shape index (κ1) is 9.02. The molecule has 3 nitrogen and oxygen atoms in total. The fourth-order valence-corrected chi connectivity index (χ4v) is 2.02. The van der Waals surface area contributed by atoms with E-state index in [2.05, 4.69) is 9.97 Å². The molecule has 0 fully saturated rings. The molecule has 0 bridgehead atoms. The minimum absolute atomic E-state index is 0.691. The summed E-state index contributed by atoms with van der Waals surface area (Å²) in [7, 11) is 0. The van der Waals surface area contributed by atoms with E-state index in [9.17, 15) is 4.79 Å². The van der Waals surface area contributed by atoms with Crippen molar-refractivity contribution in [1.29, 1.82) is 0 Å². The molecule has 2 rings (SSSR count). The van der Waals surface area contributed by atoms with Crippen molar-refractivity contribution in [3.8, 4) is 10.6 Å². The van der Waals surface area contributed by atoms with Crippen molar-refractivity contribution in [2.75, 3.05) is 0 Å². The quantitative estimate of drug-likeness (QED) is 0.705. The largest absolute Gasteiger partial charge is 0.297 e. The first-order valence-corrected chi connectivity index (χ1v) is 4.96. The summed E-state index contributed by atoms with van der Waals surface area (Å²) in [6.45, 7) is 1.84. The monoisotopic (exact) mass is 204 g/mol. The number of aryl methyl sites for hydroxylation is 1. The van der Waals surface area contributed by atoms with Crippen LogP contribution >= 0.6 is 11.3 Å². The van der Waals surface area contributed by atoms with E-state index in [1.165, 1.54) is 11.3 Å². The summed E-state index contributed by atoms with van der Waals surface area (Å²) in [5, 5.41) is 0.868. The summed E-state index contributed by atoms with van der Waals surface area (Å²) in [5.74, 6) is 0. The van der Waals surface area contributed by atoms with Crippen LogP contribution in [0.3, 0.4) is 0 Å². The maximum atomic E-state index is 10.6. The first-order valence-electron chi connectivity index (χ1n) is 4.14. The van der Waals surface area contributed by atoms with E-state index in [-0.39, 0.29) is 0 Å². The zero-order chi connectivity index (χ0) is 9.97. The minimum atomic E-state index is 0.691. The molecule has 2 aromatic rings. The summed E-state index contributed by atoms with van der Waals surface area (Å²) in [5.41, 5.74) is 1.79. The Kier molecular flexibility index (Phi) is 2.37. The Bertz CT molecular complexity index is 450. The van der Waals surface area contributed by atoms with Gasteiger partial charge < -0.3 is 0 Å². The number of thiazole rings is 1. The summed E-state index contributed by atoms with van der Waals surface area (Å²) in [6.07, 6.45) is 4.27. The highest BCUT2D eigenvalue weighted by Gasteiger charge is 2.07. The molecule has 0 spiro atoms. The van der Waals surface area contributed by atoms with Crippen LogP contribution in [0.15, 0.2) is 24.5 Å². The highest BCUT2D eigenvalue weighted by Crippen LogP contribution is 2.25. The number of nitrogens with zero attached hydrogens (tertiary/aromatic N) is 2. The Morgan fingerprint density at radius 1 is 1.36 bits per heavy atom. The van der Waals surface area contributed by atoms with E-state index < -0.39 is 0 Å². The van der Waals surface area contributed by atoms with Gasteiger partial charge in [-0.05, 0) is 19.1 Å². The molecule has 0 unspecified atom stereocenters. The van der Waals surface area contributed by atoms with Crippen LogP contribution in [0, 0.1) is 6.92 Å². The van der Waals surface area contributed by atoms with E-state index in [1.54, 1.807) is 12.4 Å². The van der Waals surface area contributed by atoms with Crippen LogP contribution in [0.2, 0.25) is 0 Å². The van der Waals surface area contributed by atoms with Gasteiger partial charge in [0.15, 0.2) is 6.29 Å². The van der Waals surface area contributed by atoms with Gasteiger partial charge in [0, 0.05) is 18.0 Å². The number of pyridine rings is 1. The number of hydrogen-bond donors (Lipinski definition) is 0. The van der Waals surface area contributed by atoms with Gasteiger partial charge in [-0.2, -0.15) is 0 Å². The molecule has 0 saturated heterocycles. The van der Waals surface area contributed by atoms with Crippen molar-refractivity contribution in [2.24, 2.45) is 0 Å². The van der Waals surface area contributed by atoms with Crippen molar-refractivity contribution >= 4 is 17.6 Å². The van der Waals surface area contributed by atoms with Crippen LogP contribution < -0.4 is 0 Å². The number of aldehydes is 1. The predicted octanol–water partition coefficient (Wildman–Crippen LogP) is 2.33. The lowest BCUT2D eigenvalue weighted by atomic mass is 10.3. The van der Waals surface area contributed by atoms with Gasteiger partial charge in [-0.15, -0.1) is 11.3 Å². The second-order valence-electron chi connectivity index (χ2n) is 2.82.